The van der Waals surface area contributed by atoms with Crippen LogP contribution in [0.2, 0.25) is 0 Å². The molecule has 0 unspecified atom stereocenters. The number of benzene rings is 2. The number of fused-ring (bicyclic) bond motifs is 1. The van der Waals surface area contributed by atoms with Gasteiger partial charge >= 0.3 is 0 Å². The van der Waals surface area contributed by atoms with E-state index in [0.717, 1.165) is 26.6 Å². The van der Waals surface area contributed by atoms with Gasteiger partial charge in [-0.05, 0) is 52.7 Å². The molecule has 0 fully saturated rings. The molecule has 0 spiro atoms. The number of nitrogen functional groups attached to an aromatic ring is 1. The lowest BCUT2D eigenvalue weighted by molar-refractivity contribution is 0.624. The van der Waals surface area contributed by atoms with Gasteiger partial charge in [-0.3, -0.25) is 0 Å². The molecule has 2 N–H and O–H groups in total. The fourth-order valence-corrected chi connectivity index (χ4v) is 3.09. The summed E-state index contributed by atoms with van der Waals surface area (Å²) in [4.78, 5) is 0. The Kier molecular flexibility index (Phi) is 3.26. The van der Waals surface area contributed by atoms with Gasteiger partial charge in [-0.25, -0.2) is 4.39 Å². The number of halogens is 2. The van der Waals surface area contributed by atoms with Crippen LogP contribution in [0.15, 0.2) is 46.9 Å². The van der Waals surface area contributed by atoms with Crippen molar-refractivity contribution >= 4 is 32.5 Å². The third-order valence-electron chi connectivity index (χ3n) is 3.47. The molecule has 0 aliphatic rings. The van der Waals surface area contributed by atoms with Crippen LogP contribution in [-0.2, 0) is 6.54 Å². The third-order valence-corrected chi connectivity index (χ3v) is 4.48. The van der Waals surface area contributed by atoms with Gasteiger partial charge in [-0.2, -0.15) is 0 Å². The predicted octanol–water partition coefficient (Wildman–Crippen LogP) is 4.48. The van der Waals surface area contributed by atoms with Crippen molar-refractivity contribution in [2.75, 3.05) is 5.73 Å². The predicted molar refractivity (Wildman–Crippen MR) is 84.3 cm³/mol. The molecule has 0 amide bonds. The van der Waals surface area contributed by atoms with Gasteiger partial charge in [-0.1, -0.05) is 18.2 Å². The Morgan fingerprint density at radius 2 is 1.95 bits per heavy atom. The molecule has 0 saturated heterocycles. The highest BCUT2D eigenvalue weighted by molar-refractivity contribution is 9.10. The highest BCUT2D eigenvalue weighted by Crippen LogP contribution is 2.31. The van der Waals surface area contributed by atoms with Crippen LogP contribution in [0.5, 0.6) is 0 Å². The molecular weight excluding hydrogens is 319 g/mol. The molecule has 2 aromatic carbocycles. The van der Waals surface area contributed by atoms with E-state index in [1.54, 1.807) is 0 Å². The average Bonchev–Trinajstić information content (AvgIpc) is 2.64. The second-order valence-corrected chi connectivity index (χ2v) is 5.69. The lowest BCUT2D eigenvalue weighted by Crippen LogP contribution is -2.03. The van der Waals surface area contributed by atoms with Gasteiger partial charge in [0, 0.05) is 33.3 Å². The maximum absolute atomic E-state index is 13.5. The first kappa shape index (κ1) is 13.2. The fourth-order valence-electron chi connectivity index (χ4n) is 2.54. The minimum Gasteiger partial charge on any atom is -0.399 e. The van der Waals surface area contributed by atoms with Crippen LogP contribution in [0.3, 0.4) is 0 Å². The molecule has 0 atom stereocenters. The molecule has 3 rings (SSSR count). The van der Waals surface area contributed by atoms with Gasteiger partial charge in [-0.15, -0.1) is 0 Å². The van der Waals surface area contributed by atoms with Crippen LogP contribution in [0.4, 0.5) is 10.1 Å². The molecule has 1 aromatic heterocycles. The molecule has 0 radical (unpaired) electrons. The van der Waals surface area contributed by atoms with Gasteiger partial charge in [0.25, 0.3) is 0 Å². The Hall–Kier alpha value is -1.81. The molecule has 0 aliphatic carbocycles. The number of aromatic nitrogens is 1. The molecule has 1 heterocycles. The summed E-state index contributed by atoms with van der Waals surface area (Å²) in [5, 5.41) is 1.16. The molecule has 4 heteroatoms. The van der Waals surface area contributed by atoms with Crippen LogP contribution >= 0.6 is 15.9 Å². The summed E-state index contributed by atoms with van der Waals surface area (Å²) in [5.74, 6) is -0.298. The van der Waals surface area contributed by atoms with Crippen molar-refractivity contribution in [3.63, 3.8) is 0 Å². The van der Waals surface area contributed by atoms with Gasteiger partial charge in [0.15, 0.2) is 0 Å². The average molecular weight is 333 g/mol. The third kappa shape index (κ3) is 2.20. The van der Waals surface area contributed by atoms with Crippen molar-refractivity contribution in [2.24, 2.45) is 0 Å². The standard InChI is InChI=1S/C16H14BrFN2/c1-10-16(17)14-4-2-3-5-15(14)20(10)9-11-6-12(18)8-13(19)7-11/h2-8H,9,19H2,1H3. The van der Waals surface area contributed by atoms with Crippen molar-refractivity contribution in [1.29, 1.82) is 0 Å². The lowest BCUT2D eigenvalue weighted by atomic mass is 10.2. The van der Waals surface area contributed by atoms with Crippen LogP contribution < -0.4 is 5.73 Å². The van der Waals surface area contributed by atoms with E-state index < -0.39 is 0 Å². The largest absolute Gasteiger partial charge is 0.399 e. The van der Waals surface area contributed by atoms with Gasteiger partial charge in [0.1, 0.15) is 5.82 Å². The minimum atomic E-state index is -0.298. The summed E-state index contributed by atoms with van der Waals surface area (Å²) in [6.45, 7) is 2.65. The summed E-state index contributed by atoms with van der Waals surface area (Å²) < 4.78 is 16.7. The number of hydrogen-bond acceptors (Lipinski definition) is 1. The van der Waals surface area contributed by atoms with E-state index >= 15 is 0 Å². The molecule has 0 bridgehead atoms. The van der Waals surface area contributed by atoms with Crippen molar-refractivity contribution in [3.8, 4) is 0 Å². The summed E-state index contributed by atoms with van der Waals surface area (Å²) in [6, 6.07) is 12.8. The van der Waals surface area contributed by atoms with Crippen molar-refractivity contribution in [3.05, 3.63) is 64.0 Å². The first-order valence-electron chi connectivity index (χ1n) is 6.34. The summed E-state index contributed by atoms with van der Waals surface area (Å²) in [6.07, 6.45) is 0. The molecular formula is C16H14BrFN2. The zero-order valence-corrected chi connectivity index (χ0v) is 12.6. The van der Waals surface area contributed by atoms with E-state index in [1.807, 2.05) is 25.1 Å². The lowest BCUT2D eigenvalue weighted by Gasteiger charge is -2.09. The number of anilines is 1. The summed E-state index contributed by atoms with van der Waals surface area (Å²) in [5.41, 5.74) is 9.27. The highest BCUT2D eigenvalue weighted by atomic mass is 79.9. The molecule has 3 aromatic rings. The second kappa shape index (κ2) is 4.94. The second-order valence-electron chi connectivity index (χ2n) is 4.90. The van der Waals surface area contributed by atoms with E-state index in [2.05, 4.69) is 32.6 Å². The zero-order chi connectivity index (χ0) is 14.3. The first-order chi connectivity index (χ1) is 9.56. The van der Waals surface area contributed by atoms with Crippen molar-refractivity contribution < 1.29 is 4.39 Å². The highest BCUT2D eigenvalue weighted by Gasteiger charge is 2.12. The van der Waals surface area contributed by atoms with Gasteiger partial charge < -0.3 is 10.3 Å². The normalized spacial score (nSPS) is 11.2. The van der Waals surface area contributed by atoms with E-state index in [1.165, 1.54) is 12.1 Å². The summed E-state index contributed by atoms with van der Waals surface area (Å²) in [7, 11) is 0. The maximum atomic E-state index is 13.5. The van der Waals surface area contributed by atoms with Crippen molar-refractivity contribution in [2.45, 2.75) is 13.5 Å². The Bertz CT molecular complexity index is 772. The topological polar surface area (TPSA) is 30.9 Å². The van der Waals surface area contributed by atoms with Crippen LogP contribution in [-0.4, -0.2) is 4.57 Å². The smallest absolute Gasteiger partial charge is 0.125 e. The quantitative estimate of drug-likeness (QED) is 0.689. The zero-order valence-electron chi connectivity index (χ0n) is 11.0. The molecule has 20 heavy (non-hydrogen) atoms. The number of nitrogens with zero attached hydrogens (tertiary/aromatic N) is 1. The first-order valence-corrected chi connectivity index (χ1v) is 7.14. The Morgan fingerprint density at radius 1 is 1.20 bits per heavy atom. The van der Waals surface area contributed by atoms with E-state index in [4.69, 9.17) is 5.73 Å². The molecule has 102 valence electrons. The maximum Gasteiger partial charge on any atom is 0.125 e. The Morgan fingerprint density at radius 3 is 2.70 bits per heavy atom. The number of hydrogen-bond donors (Lipinski definition) is 1. The molecule has 0 saturated carbocycles. The van der Waals surface area contributed by atoms with Gasteiger partial charge in [0.05, 0.1) is 0 Å². The van der Waals surface area contributed by atoms with Crippen LogP contribution in [0.25, 0.3) is 10.9 Å². The van der Waals surface area contributed by atoms with Gasteiger partial charge in [0.2, 0.25) is 0 Å². The fraction of sp³-hybridized carbons (Fsp3) is 0.125. The Balaban J connectivity index is 2.13. The van der Waals surface area contributed by atoms with E-state index in [0.29, 0.717) is 12.2 Å². The SMILES string of the molecule is Cc1c(Br)c2ccccc2n1Cc1cc(N)cc(F)c1. The number of para-hydroxylation sites is 1. The molecule has 2 nitrogen and oxygen atoms in total. The Labute approximate surface area is 125 Å². The van der Waals surface area contributed by atoms with Crippen molar-refractivity contribution in [1.82, 2.24) is 4.57 Å². The van der Waals surface area contributed by atoms with Crippen LogP contribution in [0.1, 0.15) is 11.3 Å². The monoisotopic (exact) mass is 332 g/mol. The number of rotatable bonds is 2. The number of nitrogens with two attached hydrogens (primary N) is 1. The van der Waals surface area contributed by atoms with E-state index in [-0.39, 0.29) is 5.82 Å². The summed E-state index contributed by atoms with van der Waals surface area (Å²) >= 11 is 3.62. The molecule has 0 aliphatic heterocycles. The van der Waals surface area contributed by atoms with E-state index in [9.17, 15) is 4.39 Å². The van der Waals surface area contributed by atoms with Crippen LogP contribution in [0, 0.1) is 12.7 Å². The minimum absolute atomic E-state index is 0.298.